The minimum Gasteiger partial charge on any atom is -0.376 e. The van der Waals surface area contributed by atoms with Gasteiger partial charge in [-0.1, -0.05) is 18.2 Å². The highest BCUT2D eigenvalue weighted by molar-refractivity contribution is 5.88. The lowest BCUT2D eigenvalue weighted by atomic mass is 9.88. The van der Waals surface area contributed by atoms with E-state index >= 15 is 0 Å². The molecule has 2 aliphatic rings. The Balaban J connectivity index is 1.58. The number of halogens is 1. The van der Waals surface area contributed by atoms with Crippen molar-refractivity contribution >= 4 is 5.91 Å². The normalized spacial score (nSPS) is 21.0. The number of ether oxygens (including phenoxy) is 1. The van der Waals surface area contributed by atoms with Crippen LogP contribution in [-0.2, 0) is 15.1 Å². The van der Waals surface area contributed by atoms with Crippen LogP contribution in [0.2, 0.25) is 0 Å². The van der Waals surface area contributed by atoms with E-state index < -0.39 is 5.54 Å². The molecule has 0 aliphatic carbocycles. The van der Waals surface area contributed by atoms with Gasteiger partial charge in [0, 0.05) is 12.6 Å². The quantitative estimate of drug-likeness (QED) is 0.844. The number of carbonyl (C=O) groups excluding carboxylic acids is 1. The highest BCUT2D eigenvalue weighted by Gasteiger charge is 2.41. The predicted molar refractivity (Wildman–Crippen MR) is 81.9 cm³/mol. The number of likely N-dealkylation sites (tertiary alicyclic amines) is 1. The van der Waals surface area contributed by atoms with E-state index in [1.807, 2.05) is 6.08 Å². The molecule has 0 aromatic heterocycles. The van der Waals surface area contributed by atoms with Gasteiger partial charge in [-0.05, 0) is 43.6 Å². The summed E-state index contributed by atoms with van der Waals surface area (Å²) >= 11 is 0. The highest BCUT2D eigenvalue weighted by atomic mass is 19.1. The van der Waals surface area contributed by atoms with Gasteiger partial charge in [-0.2, -0.15) is 0 Å². The van der Waals surface area contributed by atoms with Crippen LogP contribution in [0.1, 0.15) is 18.4 Å². The monoisotopic (exact) mass is 304 g/mol. The van der Waals surface area contributed by atoms with E-state index in [1.165, 1.54) is 25.0 Å². The molecule has 1 N–H and O–H groups in total. The molecule has 2 aliphatic heterocycles. The van der Waals surface area contributed by atoms with Crippen LogP contribution in [0.15, 0.2) is 36.4 Å². The Morgan fingerprint density at radius 1 is 1.27 bits per heavy atom. The maximum Gasteiger partial charge on any atom is 0.244 e. The Hall–Kier alpha value is -1.72. The molecular weight excluding hydrogens is 283 g/mol. The van der Waals surface area contributed by atoms with Gasteiger partial charge in [0.2, 0.25) is 5.91 Å². The molecule has 3 rings (SSSR count). The molecule has 1 amide bonds. The van der Waals surface area contributed by atoms with Crippen LogP contribution in [0.4, 0.5) is 4.39 Å². The molecule has 0 radical (unpaired) electrons. The maximum atomic E-state index is 13.0. The molecule has 118 valence electrons. The van der Waals surface area contributed by atoms with Gasteiger partial charge in [-0.15, -0.1) is 0 Å². The second-order valence-electron chi connectivity index (χ2n) is 5.98. The van der Waals surface area contributed by atoms with E-state index in [0.29, 0.717) is 13.2 Å². The van der Waals surface area contributed by atoms with Crippen LogP contribution in [0.5, 0.6) is 0 Å². The first-order valence-corrected chi connectivity index (χ1v) is 7.73. The Kier molecular flexibility index (Phi) is 4.55. The Labute approximate surface area is 129 Å². The standard InChI is InChI=1S/C17H21FN2O2/c18-15-7-5-14(6-8-15)17(12-22-13-17)19-16(21)4-3-11-20-9-1-2-10-20/h3-8H,1-2,9-13H2,(H,19,21)/b4-3+. The molecule has 0 unspecified atom stereocenters. The molecule has 22 heavy (non-hydrogen) atoms. The molecule has 2 saturated heterocycles. The number of nitrogens with one attached hydrogen (secondary N) is 1. The lowest BCUT2D eigenvalue weighted by molar-refractivity contribution is -0.129. The van der Waals surface area contributed by atoms with Gasteiger partial charge in [-0.3, -0.25) is 9.69 Å². The van der Waals surface area contributed by atoms with E-state index in [2.05, 4.69) is 10.2 Å². The van der Waals surface area contributed by atoms with E-state index in [1.54, 1.807) is 18.2 Å². The first kappa shape index (κ1) is 15.2. The Morgan fingerprint density at radius 2 is 1.95 bits per heavy atom. The summed E-state index contributed by atoms with van der Waals surface area (Å²) in [5, 5.41) is 3.00. The fourth-order valence-electron chi connectivity index (χ4n) is 2.94. The average molecular weight is 304 g/mol. The summed E-state index contributed by atoms with van der Waals surface area (Å²) in [5.74, 6) is -0.414. The van der Waals surface area contributed by atoms with Gasteiger partial charge < -0.3 is 10.1 Å². The molecule has 0 saturated carbocycles. The largest absolute Gasteiger partial charge is 0.376 e. The van der Waals surface area contributed by atoms with Crippen molar-refractivity contribution in [2.75, 3.05) is 32.8 Å². The van der Waals surface area contributed by atoms with Gasteiger partial charge in [0.25, 0.3) is 0 Å². The van der Waals surface area contributed by atoms with Crippen LogP contribution < -0.4 is 5.32 Å². The zero-order chi connectivity index (χ0) is 15.4. The summed E-state index contributed by atoms with van der Waals surface area (Å²) < 4.78 is 18.3. The third kappa shape index (κ3) is 3.36. The molecule has 1 aromatic carbocycles. The molecule has 1 aromatic rings. The molecule has 0 atom stereocenters. The predicted octanol–water partition coefficient (Wildman–Crippen LogP) is 1.82. The van der Waals surface area contributed by atoms with Crippen LogP contribution in [0, 0.1) is 5.82 Å². The third-order valence-electron chi connectivity index (χ3n) is 4.29. The summed E-state index contributed by atoms with van der Waals surface area (Å²) in [5.41, 5.74) is 0.351. The molecule has 0 spiro atoms. The van der Waals surface area contributed by atoms with E-state index in [4.69, 9.17) is 4.74 Å². The van der Waals surface area contributed by atoms with Crippen molar-refractivity contribution < 1.29 is 13.9 Å². The van der Waals surface area contributed by atoms with Crippen LogP contribution >= 0.6 is 0 Å². The average Bonchev–Trinajstić information content (AvgIpc) is 2.97. The highest BCUT2D eigenvalue weighted by Crippen LogP contribution is 2.29. The summed E-state index contributed by atoms with van der Waals surface area (Å²) in [6.45, 7) is 3.88. The van der Waals surface area contributed by atoms with Crippen LogP contribution in [0.3, 0.4) is 0 Å². The van der Waals surface area contributed by atoms with Gasteiger partial charge >= 0.3 is 0 Å². The first-order valence-electron chi connectivity index (χ1n) is 7.73. The summed E-state index contributed by atoms with van der Waals surface area (Å²) in [4.78, 5) is 14.4. The van der Waals surface area contributed by atoms with Crippen molar-refractivity contribution in [1.82, 2.24) is 10.2 Å². The number of amides is 1. The second-order valence-corrected chi connectivity index (χ2v) is 5.98. The van der Waals surface area contributed by atoms with E-state index in [9.17, 15) is 9.18 Å². The maximum absolute atomic E-state index is 13.0. The van der Waals surface area contributed by atoms with Crippen molar-refractivity contribution in [2.45, 2.75) is 18.4 Å². The number of nitrogens with zero attached hydrogens (tertiary/aromatic N) is 1. The fourth-order valence-corrected chi connectivity index (χ4v) is 2.94. The van der Waals surface area contributed by atoms with Crippen molar-refractivity contribution in [3.63, 3.8) is 0 Å². The van der Waals surface area contributed by atoms with Gasteiger partial charge in [0.05, 0.1) is 13.2 Å². The van der Waals surface area contributed by atoms with Crippen LogP contribution in [0.25, 0.3) is 0 Å². The van der Waals surface area contributed by atoms with Crippen molar-refractivity contribution in [3.05, 3.63) is 47.8 Å². The molecule has 0 bridgehead atoms. The van der Waals surface area contributed by atoms with Crippen LogP contribution in [-0.4, -0.2) is 43.7 Å². The smallest absolute Gasteiger partial charge is 0.244 e. The third-order valence-corrected chi connectivity index (χ3v) is 4.29. The number of rotatable bonds is 5. The zero-order valence-corrected chi connectivity index (χ0v) is 12.6. The summed E-state index contributed by atoms with van der Waals surface area (Å²) in [6.07, 6.45) is 5.97. The fraction of sp³-hybridized carbons (Fsp3) is 0.471. The zero-order valence-electron chi connectivity index (χ0n) is 12.6. The molecule has 2 heterocycles. The van der Waals surface area contributed by atoms with Crippen molar-refractivity contribution in [1.29, 1.82) is 0 Å². The SMILES string of the molecule is O=C(/C=C/CN1CCCC1)NC1(c2ccc(F)cc2)COC1. The van der Waals surface area contributed by atoms with E-state index in [0.717, 1.165) is 25.2 Å². The molecular formula is C17H21FN2O2. The lowest BCUT2D eigenvalue weighted by Crippen LogP contribution is -2.59. The van der Waals surface area contributed by atoms with Crippen molar-refractivity contribution in [2.24, 2.45) is 0 Å². The van der Waals surface area contributed by atoms with Gasteiger partial charge in [0.15, 0.2) is 0 Å². The Bertz CT molecular complexity index is 546. The minimum absolute atomic E-state index is 0.133. The van der Waals surface area contributed by atoms with Crippen molar-refractivity contribution in [3.8, 4) is 0 Å². The molecule has 2 fully saturated rings. The topological polar surface area (TPSA) is 41.6 Å². The second kappa shape index (κ2) is 6.58. The first-order chi connectivity index (χ1) is 10.7. The number of hydrogen-bond donors (Lipinski definition) is 1. The van der Waals surface area contributed by atoms with Gasteiger partial charge in [0.1, 0.15) is 11.4 Å². The molecule has 4 nitrogen and oxygen atoms in total. The van der Waals surface area contributed by atoms with Gasteiger partial charge in [-0.25, -0.2) is 4.39 Å². The minimum atomic E-state index is -0.525. The Morgan fingerprint density at radius 3 is 2.55 bits per heavy atom. The number of benzene rings is 1. The lowest BCUT2D eigenvalue weighted by Gasteiger charge is -2.42. The summed E-state index contributed by atoms with van der Waals surface area (Å²) in [6, 6.07) is 6.22. The molecule has 5 heteroatoms. The number of hydrogen-bond acceptors (Lipinski definition) is 3. The number of carbonyl (C=O) groups is 1. The van der Waals surface area contributed by atoms with E-state index in [-0.39, 0.29) is 11.7 Å². The summed E-state index contributed by atoms with van der Waals surface area (Å²) in [7, 11) is 0.